The smallest absolute Gasteiger partial charge is 0.0745 e. The van der Waals surface area contributed by atoms with Gasteiger partial charge in [0.05, 0.1) is 18.7 Å². The second-order valence-corrected chi connectivity index (χ2v) is 2.77. The normalized spacial score (nSPS) is 11.0. The molecule has 0 amide bonds. The number of nitriles is 1. The molecule has 0 bridgehead atoms. The fourth-order valence-electron chi connectivity index (χ4n) is 0.909. The van der Waals surface area contributed by atoms with E-state index in [0.717, 1.165) is 0 Å². The molecule has 0 saturated heterocycles. The van der Waals surface area contributed by atoms with Crippen LogP contribution in [0.2, 0.25) is 0 Å². The highest BCUT2D eigenvalue weighted by atomic mass is 15.3. The lowest BCUT2D eigenvalue weighted by molar-refractivity contribution is 0.133. The highest BCUT2D eigenvalue weighted by Gasteiger charge is 2.11. The Balaban J connectivity index is 3.88. The number of rotatable bonds is 3. The quantitative estimate of drug-likeness (QED) is 0.531. The van der Waals surface area contributed by atoms with Crippen LogP contribution in [-0.4, -0.2) is 44.2 Å². The minimum atomic E-state index is 0.241. The molecule has 3 heteroatoms. The van der Waals surface area contributed by atoms with Crippen LogP contribution in [0.3, 0.4) is 0 Å². The summed E-state index contributed by atoms with van der Waals surface area (Å²) in [4.78, 5) is 4.06. The fraction of sp³-hybridized carbons (Fsp3) is 0.857. The topological polar surface area (TPSA) is 30.3 Å². The van der Waals surface area contributed by atoms with Crippen LogP contribution in [0.15, 0.2) is 0 Å². The van der Waals surface area contributed by atoms with Gasteiger partial charge in [0.25, 0.3) is 0 Å². The van der Waals surface area contributed by atoms with Crippen LogP contribution in [0.5, 0.6) is 0 Å². The first-order valence-corrected chi connectivity index (χ1v) is 3.29. The van der Waals surface area contributed by atoms with Gasteiger partial charge in [-0.15, -0.1) is 0 Å². The summed E-state index contributed by atoms with van der Waals surface area (Å²) in [6.45, 7) is 0. The molecule has 0 aliphatic carbocycles. The Kier molecular flexibility index (Phi) is 4.01. The molecular weight excluding hydrogens is 126 g/mol. The molecule has 0 atom stereocenters. The molecule has 0 aliphatic heterocycles. The van der Waals surface area contributed by atoms with Crippen molar-refractivity contribution in [2.75, 3.05) is 28.2 Å². The number of hydrogen-bond donors (Lipinski definition) is 0. The van der Waals surface area contributed by atoms with Gasteiger partial charge in [0.2, 0.25) is 0 Å². The van der Waals surface area contributed by atoms with E-state index in [4.69, 9.17) is 5.26 Å². The molecule has 58 valence electrons. The van der Waals surface area contributed by atoms with Gasteiger partial charge >= 0.3 is 0 Å². The average Bonchev–Trinajstić information content (AvgIpc) is 1.81. The minimum Gasteiger partial charge on any atom is -0.293 e. The van der Waals surface area contributed by atoms with Crippen LogP contribution in [0.4, 0.5) is 0 Å². The highest BCUT2D eigenvalue weighted by molar-refractivity contribution is 4.78. The molecule has 0 aromatic rings. The summed E-state index contributed by atoms with van der Waals surface area (Å²) >= 11 is 0. The molecule has 0 spiro atoms. The van der Waals surface area contributed by atoms with Crippen molar-refractivity contribution in [3.63, 3.8) is 0 Å². The van der Waals surface area contributed by atoms with Crippen molar-refractivity contribution >= 4 is 0 Å². The molecular formula is C7H15N3. The average molecular weight is 141 g/mol. The van der Waals surface area contributed by atoms with E-state index in [9.17, 15) is 0 Å². The zero-order valence-electron chi connectivity index (χ0n) is 7.13. The third kappa shape index (κ3) is 2.81. The molecule has 0 aromatic carbocycles. The summed E-state index contributed by atoms with van der Waals surface area (Å²) < 4.78 is 0. The first-order chi connectivity index (χ1) is 4.59. The standard InChI is InChI=1S/C7H15N3/c1-9(2)7(5-6-8)10(3)4/h7H,5H2,1-4H3. The van der Waals surface area contributed by atoms with Crippen LogP contribution in [0, 0.1) is 11.3 Å². The Morgan fingerprint density at radius 3 is 1.70 bits per heavy atom. The first kappa shape index (κ1) is 9.41. The van der Waals surface area contributed by atoms with Gasteiger partial charge in [0.1, 0.15) is 0 Å². The maximum absolute atomic E-state index is 8.43. The maximum Gasteiger partial charge on any atom is 0.0745 e. The summed E-state index contributed by atoms with van der Waals surface area (Å²) in [5, 5.41) is 8.43. The van der Waals surface area contributed by atoms with E-state index in [0.29, 0.717) is 6.42 Å². The second-order valence-electron chi connectivity index (χ2n) is 2.77. The Morgan fingerprint density at radius 2 is 1.60 bits per heavy atom. The molecule has 0 aromatic heterocycles. The summed E-state index contributed by atoms with van der Waals surface area (Å²) in [5.41, 5.74) is 0. The van der Waals surface area contributed by atoms with Gasteiger partial charge in [-0.1, -0.05) is 0 Å². The van der Waals surface area contributed by atoms with Crippen LogP contribution in [0.25, 0.3) is 0 Å². The van der Waals surface area contributed by atoms with E-state index < -0.39 is 0 Å². The van der Waals surface area contributed by atoms with E-state index in [1.54, 1.807) is 0 Å². The van der Waals surface area contributed by atoms with Crippen LogP contribution < -0.4 is 0 Å². The van der Waals surface area contributed by atoms with Crippen molar-refractivity contribution in [3.05, 3.63) is 0 Å². The molecule has 10 heavy (non-hydrogen) atoms. The van der Waals surface area contributed by atoms with Gasteiger partial charge in [0.15, 0.2) is 0 Å². The lowest BCUT2D eigenvalue weighted by atomic mass is 10.3. The Bertz CT molecular complexity index is 115. The van der Waals surface area contributed by atoms with Gasteiger partial charge in [-0.05, 0) is 28.2 Å². The van der Waals surface area contributed by atoms with Crippen molar-refractivity contribution in [2.24, 2.45) is 0 Å². The summed E-state index contributed by atoms with van der Waals surface area (Å²) in [6.07, 6.45) is 0.796. The number of hydrogen-bond acceptors (Lipinski definition) is 3. The van der Waals surface area contributed by atoms with Gasteiger partial charge < -0.3 is 0 Å². The molecule has 0 rings (SSSR count). The molecule has 0 aliphatic rings. The van der Waals surface area contributed by atoms with E-state index in [-0.39, 0.29) is 6.17 Å². The van der Waals surface area contributed by atoms with Crippen molar-refractivity contribution < 1.29 is 0 Å². The summed E-state index contributed by atoms with van der Waals surface area (Å²) in [6, 6.07) is 2.15. The fourth-order valence-corrected chi connectivity index (χ4v) is 0.909. The molecule has 0 N–H and O–H groups in total. The predicted molar refractivity (Wildman–Crippen MR) is 41.4 cm³/mol. The Hall–Kier alpha value is -0.590. The highest BCUT2D eigenvalue weighted by Crippen LogP contribution is 2.00. The third-order valence-electron chi connectivity index (χ3n) is 1.47. The first-order valence-electron chi connectivity index (χ1n) is 3.29. The van der Waals surface area contributed by atoms with E-state index in [1.807, 2.05) is 38.0 Å². The lowest BCUT2D eigenvalue weighted by Crippen LogP contribution is -2.40. The maximum atomic E-state index is 8.43. The zero-order valence-corrected chi connectivity index (χ0v) is 7.13. The Labute approximate surface area is 62.8 Å². The predicted octanol–water partition coefficient (Wildman–Crippen LogP) is 0.349. The van der Waals surface area contributed by atoms with Crippen LogP contribution >= 0.6 is 0 Å². The second kappa shape index (κ2) is 4.26. The van der Waals surface area contributed by atoms with Gasteiger partial charge in [-0.3, -0.25) is 9.80 Å². The SMILES string of the molecule is CN(C)C(CC#N)N(C)C. The summed E-state index contributed by atoms with van der Waals surface area (Å²) in [5.74, 6) is 0. The minimum absolute atomic E-state index is 0.241. The van der Waals surface area contributed by atoms with Crippen molar-refractivity contribution in [3.8, 4) is 6.07 Å². The van der Waals surface area contributed by atoms with Gasteiger partial charge in [-0.2, -0.15) is 5.26 Å². The molecule has 0 saturated carbocycles. The molecule has 0 heterocycles. The van der Waals surface area contributed by atoms with Crippen LogP contribution in [0.1, 0.15) is 6.42 Å². The lowest BCUT2D eigenvalue weighted by Gasteiger charge is -2.27. The Morgan fingerprint density at radius 1 is 1.20 bits per heavy atom. The van der Waals surface area contributed by atoms with Crippen molar-refractivity contribution in [2.45, 2.75) is 12.6 Å². The van der Waals surface area contributed by atoms with Gasteiger partial charge in [-0.25, -0.2) is 0 Å². The van der Waals surface area contributed by atoms with Crippen LogP contribution in [-0.2, 0) is 0 Å². The summed E-state index contributed by atoms with van der Waals surface area (Å²) in [7, 11) is 7.90. The number of nitrogens with zero attached hydrogens (tertiary/aromatic N) is 3. The van der Waals surface area contributed by atoms with E-state index >= 15 is 0 Å². The van der Waals surface area contributed by atoms with E-state index in [1.165, 1.54) is 0 Å². The van der Waals surface area contributed by atoms with Crippen molar-refractivity contribution in [1.29, 1.82) is 5.26 Å². The van der Waals surface area contributed by atoms with E-state index in [2.05, 4.69) is 6.07 Å². The molecule has 3 nitrogen and oxygen atoms in total. The largest absolute Gasteiger partial charge is 0.293 e. The molecule has 0 fully saturated rings. The molecule has 0 radical (unpaired) electrons. The molecule has 0 unspecified atom stereocenters. The van der Waals surface area contributed by atoms with Crippen molar-refractivity contribution in [1.82, 2.24) is 9.80 Å². The third-order valence-corrected chi connectivity index (χ3v) is 1.47. The zero-order chi connectivity index (χ0) is 8.15. The van der Waals surface area contributed by atoms with Gasteiger partial charge in [0, 0.05) is 0 Å². The monoisotopic (exact) mass is 141 g/mol.